The van der Waals surface area contributed by atoms with Crippen molar-refractivity contribution in [1.29, 1.82) is 0 Å². The van der Waals surface area contributed by atoms with Gasteiger partial charge in [0, 0.05) is 11.6 Å². The number of hydrogen-bond acceptors (Lipinski definition) is 2. The largest absolute Gasteiger partial charge is 0.472 e. The molecular weight excluding hydrogens is 186 g/mol. The van der Waals surface area contributed by atoms with Crippen LogP contribution < -0.4 is 5.32 Å². The van der Waals surface area contributed by atoms with Gasteiger partial charge in [-0.2, -0.15) is 0 Å². The monoisotopic (exact) mass is 207 g/mol. The Labute approximate surface area is 92.1 Å². The fourth-order valence-electron chi connectivity index (χ4n) is 2.88. The van der Waals surface area contributed by atoms with Crippen molar-refractivity contribution >= 4 is 0 Å². The third kappa shape index (κ3) is 2.10. The lowest BCUT2D eigenvalue weighted by molar-refractivity contribution is 0.225. The van der Waals surface area contributed by atoms with Crippen LogP contribution in [0.1, 0.15) is 51.1 Å². The maximum Gasteiger partial charge on any atom is 0.0950 e. The van der Waals surface area contributed by atoms with Crippen LogP contribution in [0, 0.1) is 5.41 Å². The second-order valence-electron chi connectivity index (χ2n) is 4.91. The summed E-state index contributed by atoms with van der Waals surface area (Å²) in [5, 5.41) is 3.61. The first-order valence-electron chi connectivity index (χ1n) is 6.02. The number of nitrogens with one attached hydrogen (secondary N) is 1. The van der Waals surface area contributed by atoms with Crippen LogP contribution >= 0.6 is 0 Å². The summed E-state index contributed by atoms with van der Waals surface area (Å²) in [6.45, 7) is 5.59. The van der Waals surface area contributed by atoms with E-state index < -0.39 is 0 Å². The minimum absolute atomic E-state index is 0.417. The standard InChI is InChI=1S/C13H21NO/c1-3-14-12(11-6-9-15-10-11)13(2)7-4-5-8-13/h6,9-10,12,14H,3-5,7-8H2,1-2H3. The van der Waals surface area contributed by atoms with Crippen molar-refractivity contribution in [3.8, 4) is 0 Å². The molecule has 1 N–H and O–H groups in total. The van der Waals surface area contributed by atoms with Crippen molar-refractivity contribution in [3.63, 3.8) is 0 Å². The number of hydrogen-bond donors (Lipinski definition) is 1. The Balaban J connectivity index is 2.19. The molecule has 1 fully saturated rings. The van der Waals surface area contributed by atoms with Gasteiger partial charge in [0.2, 0.25) is 0 Å². The first kappa shape index (κ1) is 10.7. The lowest BCUT2D eigenvalue weighted by atomic mass is 9.78. The quantitative estimate of drug-likeness (QED) is 0.817. The summed E-state index contributed by atoms with van der Waals surface area (Å²) in [7, 11) is 0. The molecule has 2 heteroatoms. The predicted octanol–water partition coefficient (Wildman–Crippen LogP) is 3.51. The molecule has 1 atom stereocenters. The Kier molecular flexibility index (Phi) is 3.15. The maximum absolute atomic E-state index is 5.21. The van der Waals surface area contributed by atoms with E-state index in [-0.39, 0.29) is 0 Å². The van der Waals surface area contributed by atoms with E-state index in [0.29, 0.717) is 11.5 Å². The zero-order valence-electron chi connectivity index (χ0n) is 9.75. The molecule has 84 valence electrons. The molecular formula is C13H21NO. The molecule has 1 unspecified atom stereocenters. The maximum atomic E-state index is 5.21. The second-order valence-corrected chi connectivity index (χ2v) is 4.91. The van der Waals surface area contributed by atoms with Crippen LogP contribution in [0.3, 0.4) is 0 Å². The van der Waals surface area contributed by atoms with E-state index in [9.17, 15) is 0 Å². The van der Waals surface area contributed by atoms with Crippen LogP contribution in [-0.4, -0.2) is 6.54 Å². The van der Waals surface area contributed by atoms with E-state index in [1.165, 1.54) is 31.2 Å². The highest BCUT2D eigenvalue weighted by atomic mass is 16.3. The van der Waals surface area contributed by atoms with E-state index in [1.807, 2.05) is 6.26 Å². The zero-order chi connectivity index (χ0) is 10.7. The van der Waals surface area contributed by atoms with Crippen molar-refractivity contribution in [1.82, 2.24) is 5.32 Å². The van der Waals surface area contributed by atoms with Crippen LogP contribution in [0.5, 0.6) is 0 Å². The highest BCUT2D eigenvalue weighted by molar-refractivity contribution is 5.16. The molecule has 1 saturated carbocycles. The second kappa shape index (κ2) is 4.40. The number of rotatable bonds is 4. The van der Waals surface area contributed by atoms with E-state index in [4.69, 9.17) is 4.42 Å². The van der Waals surface area contributed by atoms with Crippen molar-refractivity contribution in [2.24, 2.45) is 5.41 Å². The summed E-state index contributed by atoms with van der Waals surface area (Å²) in [4.78, 5) is 0. The first-order valence-corrected chi connectivity index (χ1v) is 6.02. The molecule has 0 radical (unpaired) electrons. The van der Waals surface area contributed by atoms with Crippen LogP contribution in [0.25, 0.3) is 0 Å². The van der Waals surface area contributed by atoms with Crippen LogP contribution in [0.4, 0.5) is 0 Å². The molecule has 2 nitrogen and oxygen atoms in total. The molecule has 0 spiro atoms. The third-order valence-corrected chi connectivity index (χ3v) is 3.73. The Morgan fingerprint density at radius 3 is 2.73 bits per heavy atom. The van der Waals surface area contributed by atoms with Gasteiger partial charge >= 0.3 is 0 Å². The van der Waals surface area contributed by atoms with Crippen LogP contribution in [-0.2, 0) is 0 Å². The highest BCUT2D eigenvalue weighted by Gasteiger charge is 2.37. The predicted molar refractivity (Wildman–Crippen MR) is 61.7 cm³/mol. The van der Waals surface area contributed by atoms with Crippen LogP contribution in [0.2, 0.25) is 0 Å². The van der Waals surface area contributed by atoms with E-state index in [2.05, 4.69) is 25.2 Å². The normalized spacial score (nSPS) is 21.7. The molecule has 1 aromatic rings. The Bertz CT molecular complexity index is 285. The lowest BCUT2D eigenvalue weighted by Gasteiger charge is -2.34. The van der Waals surface area contributed by atoms with Gasteiger partial charge in [-0.3, -0.25) is 0 Å². The van der Waals surface area contributed by atoms with Gasteiger partial charge in [-0.25, -0.2) is 0 Å². The van der Waals surface area contributed by atoms with Gasteiger partial charge in [0.05, 0.1) is 12.5 Å². The summed E-state index contributed by atoms with van der Waals surface area (Å²) < 4.78 is 5.21. The fraction of sp³-hybridized carbons (Fsp3) is 0.692. The van der Waals surface area contributed by atoms with Gasteiger partial charge in [0.15, 0.2) is 0 Å². The lowest BCUT2D eigenvalue weighted by Crippen LogP contribution is -2.34. The molecule has 0 bridgehead atoms. The molecule has 0 saturated heterocycles. The van der Waals surface area contributed by atoms with Crippen molar-refractivity contribution in [3.05, 3.63) is 24.2 Å². The first-order chi connectivity index (χ1) is 7.26. The highest BCUT2D eigenvalue weighted by Crippen LogP contribution is 2.47. The summed E-state index contributed by atoms with van der Waals surface area (Å²) in [5.41, 5.74) is 1.72. The van der Waals surface area contributed by atoms with Gasteiger partial charge in [-0.05, 0) is 30.9 Å². The van der Waals surface area contributed by atoms with Gasteiger partial charge in [0.1, 0.15) is 0 Å². The molecule has 2 rings (SSSR count). The Hall–Kier alpha value is -0.760. The third-order valence-electron chi connectivity index (χ3n) is 3.73. The molecule has 1 aliphatic rings. The Morgan fingerprint density at radius 2 is 2.20 bits per heavy atom. The zero-order valence-corrected chi connectivity index (χ0v) is 9.75. The van der Waals surface area contributed by atoms with Gasteiger partial charge < -0.3 is 9.73 Å². The summed E-state index contributed by atoms with van der Waals surface area (Å²) in [6, 6.07) is 2.56. The van der Waals surface area contributed by atoms with Crippen molar-refractivity contribution in [2.75, 3.05) is 6.54 Å². The van der Waals surface area contributed by atoms with E-state index in [0.717, 1.165) is 6.54 Å². The Morgan fingerprint density at radius 1 is 1.47 bits per heavy atom. The molecule has 1 heterocycles. The fourth-order valence-corrected chi connectivity index (χ4v) is 2.88. The smallest absolute Gasteiger partial charge is 0.0950 e. The van der Waals surface area contributed by atoms with Crippen LogP contribution in [0.15, 0.2) is 23.0 Å². The SMILES string of the molecule is CCNC(c1ccoc1)C1(C)CCCC1. The summed E-state index contributed by atoms with van der Waals surface area (Å²) >= 11 is 0. The molecule has 0 amide bonds. The molecule has 0 aromatic carbocycles. The summed E-state index contributed by atoms with van der Waals surface area (Å²) in [5.74, 6) is 0. The van der Waals surface area contributed by atoms with Gasteiger partial charge in [-0.1, -0.05) is 26.7 Å². The van der Waals surface area contributed by atoms with E-state index >= 15 is 0 Å². The molecule has 15 heavy (non-hydrogen) atoms. The molecule has 1 aliphatic carbocycles. The topological polar surface area (TPSA) is 25.2 Å². The van der Waals surface area contributed by atoms with Gasteiger partial charge in [-0.15, -0.1) is 0 Å². The van der Waals surface area contributed by atoms with E-state index in [1.54, 1.807) is 6.26 Å². The minimum Gasteiger partial charge on any atom is -0.472 e. The van der Waals surface area contributed by atoms with Crippen molar-refractivity contribution in [2.45, 2.75) is 45.6 Å². The average Bonchev–Trinajstić information content (AvgIpc) is 2.85. The average molecular weight is 207 g/mol. The minimum atomic E-state index is 0.417. The van der Waals surface area contributed by atoms with Crippen molar-refractivity contribution < 1.29 is 4.42 Å². The van der Waals surface area contributed by atoms with Gasteiger partial charge in [0.25, 0.3) is 0 Å². The summed E-state index contributed by atoms with van der Waals surface area (Å²) in [6.07, 6.45) is 9.06. The molecule has 0 aliphatic heterocycles. The number of furan rings is 1. The molecule has 1 aromatic heterocycles.